The molecule has 6 N–H and O–H groups in total. The van der Waals surface area contributed by atoms with Crippen LogP contribution in [0.3, 0.4) is 0 Å². The SMILES string of the molecule is NC(=O)CCCC(CO)(NC(N)=O)c1ccccc1. The maximum Gasteiger partial charge on any atom is 0.312 e. The normalized spacial score (nSPS) is 13.5. The van der Waals surface area contributed by atoms with Crippen molar-refractivity contribution in [3.63, 3.8) is 0 Å². The number of hydrogen-bond acceptors (Lipinski definition) is 3. The summed E-state index contributed by atoms with van der Waals surface area (Å²) in [4.78, 5) is 21.9. The number of carbonyl (C=O) groups is 2. The van der Waals surface area contributed by atoms with Gasteiger partial charge in [-0.05, 0) is 18.4 Å². The van der Waals surface area contributed by atoms with Crippen LogP contribution in [0.25, 0.3) is 0 Å². The minimum Gasteiger partial charge on any atom is -0.394 e. The highest BCUT2D eigenvalue weighted by molar-refractivity contribution is 5.74. The van der Waals surface area contributed by atoms with Crippen molar-refractivity contribution in [2.24, 2.45) is 11.5 Å². The fourth-order valence-corrected chi connectivity index (χ4v) is 2.05. The second-order valence-corrected chi connectivity index (χ2v) is 4.42. The summed E-state index contributed by atoms with van der Waals surface area (Å²) in [7, 11) is 0. The van der Waals surface area contributed by atoms with Crippen LogP contribution < -0.4 is 16.8 Å². The summed E-state index contributed by atoms with van der Waals surface area (Å²) < 4.78 is 0. The average molecular weight is 265 g/mol. The van der Waals surface area contributed by atoms with E-state index in [4.69, 9.17) is 11.5 Å². The molecule has 1 rings (SSSR count). The van der Waals surface area contributed by atoms with Crippen molar-refractivity contribution in [3.8, 4) is 0 Å². The van der Waals surface area contributed by atoms with Crippen LogP contribution in [0.5, 0.6) is 0 Å². The molecule has 104 valence electrons. The number of benzene rings is 1. The van der Waals surface area contributed by atoms with Crippen LogP contribution in [0.4, 0.5) is 4.79 Å². The summed E-state index contributed by atoms with van der Waals surface area (Å²) in [6, 6.07) is 8.29. The largest absolute Gasteiger partial charge is 0.394 e. The van der Waals surface area contributed by atoms with Crippen LogP contribution in [0, 0.1) is 0 Å². The topological polar surface area (TPSA) is 118 Å². The number of hydrogen-bond donors (Lipinski definition) is 4. The van der Waals surface area contributed by atoms with E-state index in [0.29, 0.717) is 12.8 Å². The Kier molecular flexibility index (Phi) is 5.32. The van der Waals surface area contributed by atoms with E-state index in [-0.39, 0.29) is 13.0 Å². The Balaban J connectivity index is 2.94. The first kappa shape index (κ1) is 15.0. The van der Waals surface area contributed by atoms with Crippen molar-refractivity contribution in [1.29, 1.82) is 0 Å². The lowest BCUT2D eigenvalue weighted by Gasteiger charge is -2.33. The Morgan fingerprint density at radius 3 is 2.32 bits per heavy atom. The highest BCUT2D eigenvalue weighted by Gasteiger charge is 2.32. The second-order valence-electron chi connectivity index (χ2n) is 4.42. The molecule has 1 unspecified atom stereocenters. The van der Waals surface area contributed by atoms with Gasteiger partial charge in [-0.3, -0.25) is 4.79 Å². The molecule has 0 aliphatic heterocycles. The quantitative estimate of drug-likeness (QED) is 0.563. The molecule has 0 aliphatic carbocycles. The van der Waals surface area contributed by atoms with Crippen molar-refractivity contribution < 1.29 is 14.7 Å². The lowest BCUT2D eigenvalue weighted by molar-refractivity contribution is -0.118. The van der Waals surface area contributed by atoms with Gasteiger partial charge in [-0.25, -0.2) is 4.79 Å². The van der Waals surface area contributed by atoms with Crippen LogP contribution in [0.2, 0.25) is 0 Å². The number of nitrogens with one attached hydrogen (secondary N) is 1. The number of urea groups is 1. The van der Waals surface area contributed by atoms with E-state index >= 15 is 0 Å². The van der Waals surface area contributed by atoms with Gasteiger partial charge in [-0.1, -0.05) is 30.3 Å². The fraction of sp³-hybridized carbons (Fsp3) is 0.385. The molecule has 0 fully saturated rings. The summed E-state index contributed by atoms with van der Waals surface area (Å²) >= 11 is 0. The zero-order chi connectivity index (χ0) is 14.3. The third kappa shape index (κ3) is 4.26. The maximum absolute atomic E-state index is 11.2. The molecule has 0 spiro atoms. The molecular formula is C13H19N3O3. The minimum absolute atomic E-state index is 0.190. The summed E-state index contributed by atoms with van der Waals surface area (Å²) in [6.45, 7) is -0.307. The highest BCUT2D eigenvalue weighted by Crippen LogP contribution is 2.26. The number of nitrogens with two attached hydrogens (primary N) is 2. The van der Waals surface area contributed by atoms with Crippen LogP contribution in [-0.4, -0.2) is 23.7 Å². The van der Waals surface area contributed by atoms with Gasteiger partial charge < -0.3 is 21.9 Å². The van der Waals surface area contributed by atoms with E-state index in [1.54, 1.807) is 24.3 Å². The van der Waals surface area contributed by atoms with E-state index in [1.165, 1.54) is 0 Å². The van der Waals surface area contributed by atoms with Crippen molar-refractivity contribution in [2.75, 3.05) is 6.61 Å². The number of carbonyl (C=O) groups excluding carboxylic acids is 2. The molecule has 6 heteroatoms. The maximum atomic E-state index is 11.2. The Morgan fingerprint density at radius 1 is 1.21 bits per heavy atom. The highest BCUT2D eigenvalue weighted by atomic mass is 16.3. The molecule has 0 saturated carbocycles. The van der Waals surface area contributed by atoms with Crippen molar-refractivity contribution in [1.82, 2.24) is 5.32 Å². The van der Waals surface area contributed by atoms with Gasteiger partial charge in [-0.15, -0.1) is 0 Å². The van der Waals surface area contributed by atoms with Crippen molar-refractivity contribution >= 4 is 11.9 Å². The van der Waals surface area contributed by atoms with Gasteiger partial charge in [0.15, 0.2) is 0 Å². The summed E-state index contributed by atoms with van der Waals surface area (Å²) in [5.74, 6) is -0.418. The number of rotatable bonds is 7. The predicted octanol–water partition coefficient (Wildman–Crippen LogP) is 0.198. The van der Waals surface area contributed by atoms with Crippen LogP contribution >= 0.6 is 0 Å². The lowest BCUT2D eigenvalue weighted by Crippen LogP contribution is -2.50. The van der Waals surface area contributed by atoms with Gasteiger partial charge >= 0.3 is 6.03 Å². The third-order valence-electron chi connectivity index (χ3n) is 2.99. The van der Waals surface area contributed by atoms with Crippen molar-refractivity contribution in [3.05, 3.63) is 35.9 Å². The molecular weight excluding hydrogens is 246 g/mol. The molecule has 0 aromatic heterocycles. The minimum atomic E-state index is -0.984. The predicted molar refractivity (Wildman–Crippen MR) is 71.0 cm³/mol. The smallest absolute Gasteiger partial charge is 0.312 e. The average Bonchev–Trinajstić information content (AvgIpc) is 2.37. The summed E-state index contributed by atoms with van der Waals surface area (Å²) in [5, 5.41) is 12.2. The third-order valence-corrected chi connectivity index (χ3v) is 2.99. The Hall–Kier alpha value is -2.08. The summed E-state index contributed by atoms with van der Waals surface area (Å²) in [6.07, 6.45) is 1.01. The molecule has 0 aliphatic rings. The fourth-order valence-electron chi connectivity index (χ4n) is 2.05. The number of amides is 3. The van der Waals surface area contributed by atoms with Gasteiger partial charge in [-0.2, -0.15) is 0 Å². The van der Waals surface area contributed by atoms with Gasteiger partial charge in [0.25, 0.3) is 0 Å². The van der Waals surface area contributed by atoms with Gasteiger partial charge in [0.05, 0.1) is 12.1 Å². The molecule has 19 heavy (non-hydrogen) atoms. The first-order valence-corrected chi connectivity index (χ1v) is 6.02. The molecule has 0 bridgehead atoms. The Morgan fingerprint density at radius 2 is 1.84 bits per heavy atom. The second kappa shape index (κ2) is 6.75. The zero-order valence-electron chi connectivity index (χ0n) is 10.6. The molecule has 3 amide bonds. The van der Waals surface area contributed by atoms with E-state index in [2.05, 4.69) is 5.32 Å². The first-order valence-electron chi connectivity index (χ1n) is 6.02. The van der Waals surface area contributed by atoms with E-state index in [0.717, 1.165) is 5.56 Å². The Bertz CT molecular complexity index is 436. The molecule has 6 nitrogen and oxygen atoms in total. The molecule has 0 saturated heterocycles. The zero-order valence-corrected chi connectivity index (χ0v) is 10.6. The monoisotopic (exact) mass is 265 g/mol. The van der Waals surface area contributed by atoms with Crippen molar-refractivity contribution in [2.45, 2.75) is 24.8 Å². The number of aliphatic hydroxyl groups is 1. The molecule has 0 radical (unpaired) electrons. The molecule has 0 heterocycles. The lowest BCUT2D eigenvalue weighted by atomic mass is 9.85. The number of aliphatic hydroxyl groups excluding tert-OH is 1. The van der Waals surface area contributed by atoms with Crippen LogP contribution in [-0.2, 0) is 10.3 Å². The van der Waals surface area contributed by atoms with Crippen LogP contribution in [0.15, 0.2) is 30.3 Å². The Labute approximate surface area is 111 Å². The van der Waals surface area contributed by atoms with E-state index < -0.39 is 17.5 Å². The van der Waals surface area contributed by atoms with Crippen LogP contribution in [0.1, 0.15) is 24.8 Å². The standard InChI is InChI=1S/C13H19N3O3/c14-11(18)7-4-8-13(9-17,16-12(15)19)10-5-2-1-3-6-10/h1-3,5-6,17H,4,7-9H2,(H2,14,18)(H3,15,16,19). The molecule has 1 atom stereocenters. The van der Waals surface area contributed by atoms with Gasteiger partial charge in [0.1, 0.15) is 0 Å². The van der Waals surface area contributed by atoms with E-state index in [1.807, 2.05) is 6.07 Å². The first-order chi connectivity index (χ1) is 9.00. The van der Waals surface area contributed by atoms with E-state index in [9.17, 15) is 14.7 Å². The van der Waals surface area contributed by atoms with Gasteiger partial charge in [0.2, 0.25) is 5.91 Å². The number of primary amides is 2. The molecule has 1 aromatic rings. The van der Waals surface area contributed by atoms with Gasteiger partial charge in [0, 0.05) is 6.42 Å². The summed E-state index contributed by atoms with van der Waals surface area (Å²) in [5.41, 5.74) is 10.0. The molecule has 1 aromatic carbocycles.